The first-order chi connectivity index (χ1) is 29.4. The molecule has 0 amide bonds. The predicted octanol–water partition coefficient (Wildman–Crippen LogP) is 11.4. The van der Waals surface area contributed by atoms with Gasteiger partial charge in [-0.15, -0.1) is 49.4 Å². The summed E-state index contributed by atoms with van der Waals surface area (Å²) in [5.41, 5.74) is 18.1. The molecule has 2 heteroatoms. The van der Waals surface area contributed by atoms with E-state index < -0.39 is 10.8 Å². The molecule has 2 nitrogen and oxygen atoms in total. The molecule has 5 aromatic carbocycles. The van der Waals surface area contributed by atoms with Gasteiger partial charge in [0.05, 0.1) is 12.0 Å². The predicted molar refractivity (Wildman–Crippen MR) is 246 cm³/mol. The van der Waals surface area contributed by atoms with Gasteiger partial charge in [-0.25, -0.2) is 0 Å². The number of fused-ring (bicyclic) bond motifs is 11. The van der Waals surface area contributed by atoms with Crippen molar-refractivity contribution >= 4 is 10.9 Å². The van der Waals surface area contributed by atoms with Crippen molar-refractivity contribution < 1.29 is 0 Å². The minimum atomic E-state index is -0.465. The number of nitrogens with zero attached hydrogens (tertiary/aromatic N) is 2. The van der Waals surface area contributed by atoms with Crippen LogP contribution >= 0.6 is 0 Å². The summed E-state index contributed by atoms with van der Waals surface area (Å²) in [5, 5.41) is 1.27. The summed E-state index contributed by atoms with van der Waals surface area (Å²) >= 11 is 0. The van der Waals surface area contributed by atoms with E-state index in [0.717, 1.165) is 0 Å². The van der Waals surface area contributed by atoms with Crippen LogP contribution in [0.4, 0.5) is 0 Å². The quantitative estimate of drug-likeness (QED) is 0.153. The van der Waals surface area contributed by atoms with Crippen LogP contribution in [0.5, 0.6) is 0 Å². The molecule has 60 heavy (non-hydrogen) atoms. The average molecular weight is 769 g/mol. The first kappa shape index (κ1) is 36.0. The van der Waals surface area contributed by atoms with Crippen LogP contribution in [0.15, 0.2) is 145 Å². The molecule has 0 bridgehead atoms. The van der Waals surface area contributed by atoms with Gasteiger partial charge >= 0.3 is 0 Å². The Labute approximate surface area is 354 Å². The van der Waals surface area contributed by atoms with E-state index in [1.54, 1.807) is 0 Å². The topological polar surface area (TPSA) is 8.17 Å². The molecule has 0 saturated heterocycles. The number of aryl methyl sites for hydroxylation is 1. The molecule has 4 atom stereocenters. The number of aromatic nitrogens is 1. The first-order valence-corrected chi connectivity index (χ1v) is 21.0. The van der Waals surface area contributed by atoms with Gasteiger partial charge in [0.2, 0.25) is 0 Å². The molecule has 0 N–H and O–H groups in total. The maximum atomic E-state index is 6.21. The molecule has 6 aromatic rings. The van der Waals surface area contributed by atoms with E-state index in [9.17, 15) is 0 Å². The fourth-order valence-electron chi connectivity index (χ4n) is 12.4. The zero-order valence-corrected chi connectivity index (χ0v) is 34.0. The Morgan fingerprint density at radius 3 is 1.63 bits per heavy atom. The first-order valence-electron chi connectivity index (χ1n) is 21.0. The number of likely N-dealkylation sites (N-methyl/N-ethyl adjacent to an activating group) is 1. The number of allylic oxidation sites excluding steroid dienone is 3. The summed E-state index contributed by atoms with van der Waals surface area (Å²) in [6, 6.07) is 40.9. The van der Waals surface area contributed by atoms with Crippen molar-refractivity contribution in [2.75, 3.05) is 7.05 Å². The number of para-hydroxylation sites is 1. The molecule has 5 aliphatic rings. The van der Waals surface area contributed by atoms with Crippen LogP contribution in [-0.4, -0.2) is 22.6 Å². The molecule has 0 radical (unpaired) electrons. The smallest absolute Gasteiger partial charge is 0.0571 e. The molecule has 0 spiro atoms. The number of benzene rings is 5. The van der Waals surface area contributed by atoms with E-state index in [0.29, 0.717) is 25.7 Å². The van der Waals surface area contributed by atoms with Gasteiger partial charge in [-0.1, -0.05) is 127 Å². The molecule has 0 saturated carbocycles. The highest BCUT2D eigenvalue weighted by Gasteiger charge is 2.51. The van der Waals surface area contributed by atoms with Crippen molar-refractivity contribution in [2.24, 2.45) is 13.0 Å². The maximum Gasteiger partial charge on any atom is 0.0571 e. The Kier molecular flexibility index (Phi) is 7.93. The molecule has 1 aliphatic heterocycles. The van der Waals surface area contributed by atoms with Crippen molar-refractivity contribution in [3.05, 3.63) is 189 Å². The van der Waals surface area contributed by atoms with E-state index in [4.69, 9.17) is 25.7 Å². The van der Waals surface area contributed by atoms with Crippen LogP contribution in [-0.2, 0) is 17.9 Å². The van der Waals surface area contributed by atoms with Crippen LogP contribution < -0.4 is 0 Å². The minimum absolute atomic E-state index is 0.0266. The molecule has 2 heterocycles. The summed E-state index contributed by atoms with van der Waals surface area (Å²) in [6.07, 6.45) is 36.3. The van der Waals surface area contributed by atoms with E-state index in [1.807, 2.05) is 0 Å². The van der Waals surface area contributed by atoms with Crippen LogP contribution in [0, 0.1) is 55.3 Å². The van der Waals surface area contributed by atoms with Crippen molar-refractivity contribution in [1.29, 1.82) is 0 Å². The summed E-state index contributed by atoms with van der Waals surface area (Å²) in [4.78, 5) is 2.57. The fraction of sp³-hybridized carbons (Fsp3) is 0.207. The normalized spacial score (nSPS) is 21.4. The molecule has 1 aromatic heterocycles. The average Bonchev–Trinajstić information content (AvgIpc) is 3.93. The Morgan fingerprint density at radius 1 is 0.550 bits per heavy atom. The van der Waals surface area contributed by atoms with Gasteiger partial charge in [0, 0.05) is 84.7 Å². The highest BCUT2D eigenvalue weighted by atomic mass is 15.2. The zero-order chi connectivity index (χ0) is 40.9. The zero-order valence-electron chi connectivity index (χ0n) is 34.0. The van der Waals surface area contributed by atoms with Gasteiger partial charge in [-0.05, 0) is 72.8 Å². The Bertz CT molecular complexity index is 3080. The van der Waals surface area contributed by atoms with Gasteiger partial charge in [-0.2, -0.15) is 0 Å². The maximum absolute atomic E-state index is 6.21. The molecular weight excluding hydrogens is 725 g/mol. The lowest BCUT2D eigenvalue weighted by Gasteiger charge is -2.37. The summed E-state index contributed by atoms with van der Waals surface area (Å²) in [5.74, 6) is 12.3. The van der Waals surface area contributed by atoms with Crippen LogP contribution in [0.3, 0.4) is 0 Å². The Balaban J connectivity index is 1.20. The van der Waals surface area contributed by atoms with E-state index in [2.05, 4.69) is 181 Å². The van der Waals surface area contributed by atoms with Gasteiger partial charge < -0.3 is 9.47 Å². The van der Waals surface area contributed by atoms with Crippen molar-refractivity contribution in [3.63, 3.8) is 0 Å². The monoisotopic (exact) mass is 768 g/mol. The van der Waals surface area contributed by atoms with E-state index in [-0.39, 0.29) is 23.8 Å². The lowest BCUT2D eigenvalue weighted by molar-refractivity contribution is 0.344. The largest absolute Gasteiger partial charge is 0.370 e. The second-order valence-electron chi connectivity index (χ2n) is 17.4. The standard InChI is InChI=1S/C58H44N2/c1-7-31-57(32-8-2)45-23-15-11-19-39(45)41-29-27-37(35-47(41)57)51-53-43-21-13-17-25-49(43)60(6)56(53)52(54-44-22-14-18-26-50(44)59(5)55(51)54)38-28-30-42-40-20-12-16-24-46(40)58(33-9-3,34-10-4)48(42)36-38/h1-4,11-30,35-36,43,49,51-52H,31-34H2,5-6H3. The Morgan fingerprint density at radius 2 is 1.05 bits per heavy atom. The molecular formula is C58H44N2. The lowest BCUT2D eigenvalue weighted by Crippen LogP contribution is -2.31. The van der Waals surface area contributed by atoms with Crippen LogP contribution in [0.25, 0.3) is 33.2 Å². The van der Waals surface area contributed by atoms with Gasteiger partial charge in [0.25, 0.3) is 0 Å². The SMILES string of the molecule is C#CCC1(CC#C)c2ccccc2-c2ccc(C3C4=C(C(c5ccc6c(c5)C(CC#C)(CC#C)c5ccccc5-6)c5c3c3ccccc3n5C)C3C=CC=CC3N4C)cc21. The number of hydrogen-bond donors (Lipinski definition) is 0. The van der Waals surface area contributed by atoms with Gasteiger partial charge in [0.15, 0.2) is 0 Å². The van der Waals surface area contributed by atoms with Crippen molar-refractivity contribution in [2.45, 2.75) is 54.4 Å². The van der Waals surface area contributed by atoms with Gasteiger partial charge in [0.1, 0.15) is 0 Å². The molecule has 286 valence electrons. The molecule has 11 rings (SSSR count). The third-order valence-corrected chi connectivity index (χ3v) is 14.8. The van der Waals surface area contributed by atoms with E-state index in [1.165, 1.54) is 89.1 Å². The third-order valence-electron chi connectivity index (χ3n) is 14.8. The Hall–Kier alpha value is -7.10. The lowest BCUT2D eigenvalue weighted by atomic mass is 9.67. The number of hydrogen-bond acceptors (Lipinski definition) is 1. The minimum Gasteiger partial charge on any atom is -0.370 e. The molecule has 0 fully saturated rings. The van der Waals surface area contributed by atoms with E-state index >= 15 is 0 Å². The van der Waals surface area contributed by atoms with Crippen LogP contribution in [0.2, 0.25) is 0 Å². The van der Waals surface area contributed by atoms with Gasteiger partial charge in [-0.3, -0.25) is 0 Å². The fourth-order valence-corrected chi connectivity index (χ4v) is 12.4. The highest BCUT2D eigenvalue weighted by molar-refractivity contribution is 5.90. The summed E-state index contributed by atoms with van der Waals surface area (Å²) in [7, 11) is 4.57. The summed E-state index contributed by atoms with van der Waals surface area (Å²) < 4.78 is 2.48. The summed E-state index contributed by atoms with van der Waals surface area (Å²) in [6.45, 7) is 0. The number of rotatable bonds is 6. The second kappa shape index (κ2) is 13.2. The third kappa shape index (κ3) is 4.55. The molecule has 4 unspecified atom stereocenters. The second-order valence-corrected chi connectivity index (χ2v) is 17.4. The highest BCUT2D eigenvalue weighted by Crippen LogP contribution is 2.61. The van der Waals surface area contributed by atoms with Crippen molar-refractivity contribution in [3.8, 4) is 71.6 Å². The van der Waals surface area contributed by atoms with Crippen molar-refractivity contribution in [1.82, 2.24) is 9.47 Å². The number of terminal acetylenes is 4. The van der Waals surface area contributed by atoms with Crippen LogP contribution in [0.1, 0.15) is 82.2 Å². The molecule has 4 aliphatic carbocycles.